The van der Waals surface area contributed by atoms with Crippen LogP contribution in [0.5, 0.6) is 5.75 Å². The third-order valence-corrected chi connectivity index (χ3v) is 3.42. The minimum Gasteiger partial charge on any atom is -0.506 e. The highest BCUT2D eigenvalue weighted by atomic mass is 79.9. The van der Waals surface area contributed by atoms with Crippen LogP contribution < -0.4 is 5.32 Å². The molecule has 0 amide bonds. The van der Waals surface area contributed by atoms with Gasteiger partial charge in [-0.05, 0) is 34.8 Å². The summed E-state index contributed by atoms with van der Waals surface area (Å²) >= 11 is 3.30. The molecular weight excluding hydrogens is 270 g/mol. The molecule has 1 aliphatic rings. The Labute approximate surface area is 104 Å². The van der Waals surface area contributed by atoms with Gasteiger partial charge in [0.1, 0.15) is 5.75 Å². The fraction of sp³-hybridized carbons (Fsp3) is 0.500. The molecule has 2 N–H and O–H groups in total. The number of halogens is 1. The summed E-state index contributed by atoms with van der Waals surface area (Å²) in [5.41, 5.74) is 0.910. The molecule has 2 rings (SSSR count). The van der Waals surface area contributed by atoms with Crippen LogP contribution in [0.2, 0.25) is 0 Å². The molecule has 16 heavy (non-hydrogen) atoms. The van der Waals surface area contributed by atoms with Crippen LogP contribution in [0, 0.1) is 0 Å². The van der Waals surface area contributed by atoms with Crippen molar-refractivity contribution in [3.05, 3.63) is 28.2 Å². The van der Waals surface area contributed by atoms with Crippen molar-refractivity contribution < 1.29 is 9.84 Å². The van der Waals surface area contributed by atoms with E-state index in [9.17, 15) is 5.11 Å². The SMILES string of the molecule is Oc1c(Br)cccc1CNCC1CCCO1. The molecule has 1 fully saturated rings. The highest BCUT2D eigenvalue weighted by Gasteiger charge is 2.14. The Bertz CT molecular complexity index is 351. The van der Waals surface area contributed by atoms with Crippen molar-refractivity contribution in [1.29, 1.82) is 0 Å². The predicted molar refractivity (Wildman–Crippen MR) is 66.5 cm³/mol. The van der Waals surface area contributed by atoms with E-state index in [0.717, 1.165) is 36.0 Å². The molecule has 4 heteroatoms. The van der Waals surface area contributed by atoms with E-state index in [1.807, 2.05) is 18.2 Å². The van der Waals surface area contributed by atoms with Gasteiger partial charge in [-0.2, -0.15) is 0 Å². The number of ether oxygens (including phenoxy) is 1. The normalized spacial score (nSPS) is 20.2. The Hall–Kier alpha value is -0.580. The zero-order valence-corrected chi connectivity index (χ0v) is 10.7. The molecule has 1 aromatic rings. The lowest BCUT2D eigenvalue weighted by molar-refractivity contribution is 0.110. The highest BCUT2D eigenvalue weighted by Crippen LogP contribution is 2.27. The molecule has 1 heterocycles. The average molecular weight is 286 g/mol. The largest absolute Gasteiger partial charge is 0.506 e. The maximum Gasteiger partial charge on any atom is 0.134 e. The van der Waals surface area contributed by atoms with E-state index in [1.54, 1.807) is 0 Å². The molecule has 0 aromatic heterocycles. The van der Waals surface area contributed by atoms with Gasteiger partial charge in [-0.15, -0.1) is 0 Å². The van der Waals surface area contributed by atoms with Gasteiger partial charge < -0.3 is 15.2 Å². The van der Waals surface area contributed by atoms with Gasteiger partial charge in [0.25, 0.3) is 0 Å². The number of para-hydroxylation sites is 1. The first kappa shape index (κ1) is 11.9. The summed E-state index contributed by atoms with van der Waals surface area (Å²) in [6.07, 6.45) is 2.64. The molecule has 0 radical (unpaired) electrons. The molecule has 1 aliphatic heterocycles. The Morgan fingerprint density at radius 3 is 3.12 bits per heavy atom. The molecular formula is C12H16BrNO2. The standard InChI is InChI=1S/C12H16BrNO2/c13-11-5-1-3-9(12(11)15)7-14-8-10-4-2-6-16-10/h1,3,5,10,14-15H,2,4,6-8H2. The van der Waals surface area contributed by atoms with E-state index in [0.29, 0.717) is 18.4 Å². The molecule has 1 aromatic carbocycles. The molecule has 1 atom stereocenters. The van der Waals surface area contributed by atoms with Crippen LogP contribution in [0.25, 0.3) is 0 Å². The topological polar surface area (TPSA) is 41.5 Å². The van der Waals surface area contributed by atoms with Crippen LogP contribution in [-0.2, 0) is 11.3 Å². The fourth-order valence-corrected chi connectivity index (χ4v) is 2.28. The van der Waals surface area contributed by atoms with Crippen LogP contribution in [0.3, 0.4) is 0 Å². The lowest BCUT2D eigenvalue weighted by atomic mass is 10.2. The number of hydrogen-bond donors (Lipinski definition) is 2. The number of hydrogen-bond acceptors (Lipinski definition) is 3. The van der Waals surface area contributed by atoms with Gasteiger partial charge >= 0.3 is 0 Å². The van der Waals surface area contributed by atoms with Crippen LogP contribution >= 0.6 is 15.9 Å². The van der Waals surface area contributed by atoms with Gasteiger partial charge in [0, 0.05) is 25.3 Å². The van der Waals surface area contributed by atoms with Crippen molar-refractivity contribution in [1.82, 2.24) is 5.32 Å². The van der Waals surface area contributed by atoms with Gasteiger partial charge in [0.15, 0.2) is 0 Å². The zero-order chi connectivity index (χ0) is 11.4. The molecule has 88 valence electrons. The second kappa shape index (κ2) is 5.66. The minimum atomic E-state index is 0.322. The predicted octanol–water partition coefficient (Wildman–Crippen LogP) is 2.42. The second-order valence-corrected chi connectivity index (χ2v) is 4.87. The smallest absolute Gasteiger partial charge is 0.134 e. The Morgan fingerprint density at radius 2 is 2.38 bits per heavy atom. The van der Waals surface area contributed by atoms with Crippen molar-refractivity contribution in [2.45, 2.75) is 25.5 Å². The number of aromatic hydroxyl groups is 1. The van der Waals surface area contributed by atoms with E-state index in [4.69, 9.17) is 4.74 Å². The van der Waals surface area contributed by atoms with Crippen molar-refractivity contribution in [2.75, 3.05) is 13.2 Å². The summed E-state index contributed by atoms with van der Waals surface area (Å²) in [6.45, 7) is 2.41. The van der Waals surface area contributed by atoms with Gasteiger partial charge in [-0.25, -0.2) is 0 Å². The molecule has 0 bridgehead atoms. The maximum absolute atomic E-state index is 9.77. The van der Waals surface area contributed by atoms with Crippen LogP contribution in [-0.4, -0.2) is 24.4 Å². The lowest BCUT2D eigenvalue weighted by Gasteiger charge is -2.11. The van der Waals surface area contributed by atoms with Crippen molar-refractivity contribution in [2.24, 2.45) is 0 Å². The van der Waals surface area contributed by atoms with Gasteiger partial charge in [-0.1, -0.05) is 12.1 Å². The van der Waals surface area contributed by atoms with E-state index in [2.05, 4.69) is 21.2 Å². The molecule has 1 saturated heterocycles. The third kappa shape index (κ3) is 2.97. The molecule has 0 aliphatic carbocycles. The Balaban J connectivity index is 1.82. The molecule has 0 saturated carbocycles. The molecule has 0 spiro atoms. The van der Waals surface area contributed by atoms with Gasteiger partial charge in [0.05, 0.1) is 10.6 Å². The van der Waals surface area contributed by atoms with E-state index >= 15 is 0 Å². The summed E-state index contributed by atoms with van der Waals surface area (Å²) in [7, 11) is 0. The lowest BCUT2D eigenvalue weighted by Crippen LogP contribution is -2.25. The van der Waals surface area contributed by atoms with Crippen molar-refractivity contribution >= 4 is 15.9 Å². The quantitative estimate of drug-likeness (QED) is 0.893. The maximum atomic E-state index is 9.77. The molecule has 1 unspecified atom stereocenters. The number of phenolic OH excluding ortho intramolecular Hbond substituents is 1. The first-order valence-electron chi connectivity index (χ1n) is 5.56. The van der Waals surface area contributed by atoms with Crippen LogP contribution in [0.15, 0.2) is 22.7 Å². The zero-order valence-electron chi connectivity index (χ0n) is 9.08. The summed E-state index contributed by atoms with van der Waals surface area (Å²) < 4.78 is 6.25. The monoisotopic (exact) mass is 285 g/mol. The number of benzene rings is 1. The first-order chi connectivity index (χ1) is 7.77. The van der Waals surface area contributed by atoms with Gasteiger partial charge in [-0.3, -0.25) is 0 Å². The van der Waals surface area contributed by atoms with Crippen molar-refractivity contribution in [3.8, 4) is 5.75 Å². The Morgan fingerprint density at radius 1 is 1.50 bits per heavy atom. The second-order valence-electron chi connectivity index (χ2n) is 4.01. The average Bonchev–Trinajstić information content (AvgIpc) is 2.77. The highest BCUT2D eigenvalue weighted by molar-refractivity contribution is 9.10. The van der Waals surface area contributed by atoms with Crippen LogP contribution in [0.1, 0.15) is 18.4 Å². The molecule has 3 nitrogen and oxygen atoms in total. The summed E-state index contributed by atoms with van der Waals surface area (Å²) in [5.74, 6) is 0.322. The van der Waals surface area contributed by atoms with Gasteiger partial charge in [0.2, 0.25) is 0 Å². The number of phenols is 1. The fourth-order valence-electron chi connectivity index (χ4n) is 1.88. The summed E-state index contributed by atoms with van der Waals surface area (Å²) in [4.78, 5) is 0. The summed E-state index contributed by atoms with van der Waals surface area (Å²) in [5, 5.41) is 13.1. The van der Waals surface area contributed by atoms with Crippen molar-refractivity contribution in [3.63, 3.8) is 0 Å². The number of rotatable bonds is 4. The first-order valence-corrected chi connectivity index (χ1v) is 6.35. The minimum absolute atomic E-state index is 0.322. The van der Waals surface area contributed by atoms with E-state index < -0.39 is 0 Å². The van der Waals surface area contributed by atoms with Crippen LogP contribution in [0.4, 0.5) is 0 Å². The van der Waals surface area contributed by atoms with E-state index in [1.165, 1.54) is 0 Å². The Kier molecular flexibility index (Phi) is 4.21. The number of nitrogens with one attached hydrogen (secondary N) is 1. The summed E-state index contributed by atoms with van der Waals surface area (Å²) in [6, 6.07) is 5.67. The van der Waals surface area contributed by atoms with E-state index in [-0.39, 0.29) is 0 Å². The third-order valence-electron chi connectivity index (χ3n) is 2.78.